The highest BCUT2D eigenvalue weighted by Gasteiger charge is 2.50. The van der Waals surface area contributed by atoms with E-state index in [0.29, 0.717) is 50.1 Å². The van der Waals surface area contributed by atoms with E-state index in [2.05, 4.69) is 4.98 Å². The Morgan fingerprint density at radius 3 is 2.39 bits per heavy atom. The van der Waals surface area contributed by atoms with Crippen LogP contribution in [-0.2, 0) is 4.79 Å². The maximum atomic E-state index is 12.9. The number of aliphatic hydroxyl groups is 1. The summed E-state index contributed by atoms with van der Waals surface area (Å²) in [6.07, 6.45) is 2.78. The van der Waals surface area contributed by atoms with E-state index >= 15 is 0 Å². The molecule has 0 atom stereocenters. The fraction of sp³-hybridized carbons (Fsp3) is 0.292. The van der Waals surface area contributed by atoms with Crippen molar-refractivity contribution in [2.24, 2.45) is 0 Å². The first-order valence-corrected chi connectivity index (χ1v) is 10.4. The van der Waals surface area contributed by atoms with Crippen LogP contribution >= 0.6 is 0 Å². The number of aromatic hydroxyl groups is 1. The van der Waals surface area contributed by atoms with E-state index in [-0.39, 0.29) is 17.6 Å². The Hall–Kier alpha value is -3.45. The molecule has 2 aromatic carbocycles. The van der Waals surface area contributed by atoms with Gasteiger partial charge in [-0.3, -0.25) is 14.6 Å². The number of nitrogens with zero attached hydrogens (tertiary/aromatic N) is 3. The molecule has 1 aliphatic carbocycles. The molecule has 1 saturated heterocycles. The van der Waals surface area contributed by atoms with Crippen LogP contribution in [0.15, 0.2) is 54.7 Å². The highest BCUT2D eigenvalue weighted by Crippen LogP contribution is 2.37. The van der Waals surface area contributed by atoms with Gasteiger partial charge >= 0.3 is 0 Å². The zero-order chi connectivity index (χ0) is 21.6. The number of phenols is 1. The zero-order valence-electron chi connectivity index (χ0n) is 17.0. The Morgan fingerprint density at radius 2 is 1.68 bits per heavy atom. The third kappa shape index (κ3) is 3.61. The highest BCUT2D eigenvalue weighted by molar-refractivity contribution is 5.96. The lowest BCUT2D eigenvalue weighted by molar-refractivity contribution is -0.143. The molecule has 5 rings (SSSR count). The lowest BCUT2D eigenvalue weighted by Gasteiger charge is -2.35. The lowest BCUT2D eigenvalue weighted by Crippen LogP contribution is -2.53. The largest absolute Gasteiger partial charge is 0.507 e. The van der Waals surface area contributed by atoms with Crippen molar-refractivity contribution in [1.82, 2.24) is 14.8 Å². The molecular formula is C24H23N3O4. The first-order valence-electron chi connectivity index (χ1n) is 10.4. The van der Waals surface area contributed by atoms with Gasteiger partial charge in [-0.05, 0) is 54.8 Å². The Labute approximate surface area is 179 Å². The van der Waals surface area contributed by atoms with E-state index < -0.39 is 5.60 Å². The van der Waals surface area contributed by atoms with Crippen LogP contribution in [0.2, 0.25) is 0 Å². The third-order valence-electron chi connectivity index (χ3n) is 6.13. The minimum atomic E-state index is -1.17. The average Bonchev–Trinajstić information content (AvgIpc) is 3.56. The van der Waals surface area contributed by atoms with Gasteiger partial charge in [-0.15, -0.1) is 0 Å². The van der Waals surface area contributed by atoms with E-state index in [1.165, 1.54) is 6.07 Å². The molecule has 2 aliphatic rings. The number of hydrogen-bond donors (Lipinski definition) is 2. The first kappa shape index (κ1) is 19.5. The van der Waals surface area contributed by atoms with E-state index in [4.69, 9.17) is 0 Å². The molecule has 2 heterocycles. The van der Waals surface area contributed by atoms with Crippen molar-refractivity contribution in [1.29, 1.82) is 0 Å². The molecule has 0 spiro atoms. The van der Waals surface area contributed by atoms with Gasteiger partial charge in [0.05, 0.1) is 5.52 Å². The molecule has 1 aromatic heterocycles. The van der Waals surface area contributed by atoms with Crippen molar-refractivity contribution >= 4 is 22.7 Å². The van der Waals surface area contributed by atoms with E-state index in [1.807, 2.05) is 30.3 Å². The molecular weight excluding hydrogens is 394 g/mol. The van der Waals surface area contributed by atoms with Crippen LogP contribution in [-0.4, -0.2) is 68.6 Å². The minimum Gasteiger partial charge on any atom is -0.507 e. The van der Waals surface area contributed by atoms with Crippen LogP contribution in [0.4, 0.5) is 0 Å². The molecule has 1 aliphatic heterocycles. The summed E-state index contributed by atoms with van der Waals surface area (Å²) >= 11 is 0. The number of amides is 2. The molecule has 2 fully saturated rings. The average molecular weight is 417 g/mol. The minimum absolute atomic E-state index is 0.0406. The van der Waals surface area contributed by atoms with Crippen molar-refractivity contribution in [2.45, 2.75) is 18.4 Å². The second-order valence-corrected chi connectivity index (χ2v) is 8.26. The monoisotopic (exact) mass is 417 g/mol. The van der Waals surface area contributed by atoms with Gasteiger partial charge < -0.3 is 20.0 Å². The summed E-state index contributed by atoms with van der Waals surface area (Å²) < 4.78 is 0. The summed E-state index contributed by atoms with van der Waals surface area (Å²) in [4.78, 5) is 32.8. The molecule has 158 valence electrons. The predicted octanol–water partition coefficient (Wildman–Crippen LogP) is 2.42. The summed E-state index contributed by atoms with van der Waals surface area (Å²) in [6, 6.07) is 14.6. The SMILES string of the molecule is O=C(c1ccc(-c2ccc3ncccc3c2)c(O)c1)N1CCN(C(=O)C2(O)CC2)CC1. The second kappa shape index (κ2) is 7.35. The van der Waals surface area contributed by atoms with Crippen LogP contribution in [0.3, 0.4) is 0 Å². The number of pyridine rings is 1. The van der Waals surface area contributed by atoms with Crippen molar-refractivity contribution in [2.75, 3.05) is 26.2 Å². The van der Waals surface area contributed by atoms with Gasteiger partial charge in [0.2, 0.25) is 0 Å². The number of aromatic nitrogens is 1. The van der Waals surface area contributed by atoms with Crippen LogP contribution in [0.5, 0.6) is 5.75 Å². The van der Waals surface area contributed by atoms with Gasteiger partial charge in [0.25, 0.3) is 11.8 Å². The first-order chi connectivity index (χ1) is 14.9. The summed E-state index contributed by atoms with van der Waals surface area (Å²) in [6.45, 7) is 1.62. The molecule has 7 nitrogen and oxygen atoms in total. The second-order valence-electron chi connectivity index (χ2n) is 8.26. The van der Waals surface area contributed by atoms with Crippen LogP contribution in [0.1, 0.15) is 23.2 Å². The quantitative estimate of drug-likeness (QED) is 0.683. The molecule has 3 aromatic rings. The summed E-state index contributed by atoms with van der Waals surface area (Å²) in [7, 11) is 0. The topological polar surface area (TPSA) is 94.0 Å². The fourth-order valence-electron chi connectivity index (χ4n) is 4.07. The van der Waals surface area contributed by atoms with E-state index in [1.54, 1.807) is 28.1 Å². The zero-order valence-corrected chi connectivity index (χ0v) is 17.0. The molecule has 1 saturated carbocycles. The summed E-state index contributed by atoms with van der Waals surface area (Å²) in [5.74, 6) is -0.368. The Bertz CT molecular complexity index is 1180. The van der Waals surface area contributed by atoms with E-state index in [0.717, 1.165) is 16.5 Å². The van der Waals surface area contributed by atoms with Crippen LogP contribution in [0.25, 0.3) is 22.0 Å². The van der Waals surface area contributed by atoms with Crippen molar-refractivity contribution in [3.05, 3.63) is 60.3 Å². The Kier molecular flexibility index (Phi) is 4.63. The number of fused-ring (bicyclic) bond motifs is 1. The number of benzene rings is 2. The smallest absolute Gasteiger partial charge is 0.254 e. The standard InChI is InChI=1S/C24H23N3O4/c28-21-15-18(3-5-19(21)16-4-6-20-17(14-16)2-1-9-25-20)22(29)26-10-12-27(13-11-26)23(30)24(31)7-8-24/h1-6,9,14-15,28,31H,7-8,10-13H2. The maximum Gasteiger partial charge on any atom is 0.254 e. The molecule has 0 unspecified atom stereocenters. The van der Waals surface area contributed by atoms with Gasteiger partial charge in [-0.1, -0.05) is 12.1 Å². The number of carbonyl (C=O) groups is 2. The van der Waals surface area contributed by atoms with Crippen molar-refractivity contribution in [3.8, 4) is 16.9 Å². The van der Waals surface area contributed by atoms with Gasteiger partial charge in [0, 0.05) is 48.9 Å². The number of carbonyl (C=O) groups excluding carboxylic acids is 2. The number of rotatable bonds is 3. The summed E-state index contributed by atoms with van der Waals surface area (Å²) in [5, 5.41) is 21.6. The number of hydrogen-bond acceptors (Lipinski definition) is 5. The Morgan fingerprint density at radius 1 is 0.935 bits per heavy atom. The lowest BCUT2D eigenvalue weighted by atomic mass is 10.0. The van der Waals surface area contributed by atoms with Crippen molar-refractivity contribution in [3.63, 3.8) is 0 Å². The van der Waals surface area contributed by atoms with Crippen LogP contribution < -0.4 is 0 Å². The van der Waals surface area contributed by atoms with Gasteiger partial charge in [-0.25, -0.2) is 0 Å². The maximum absolute atomic E-state index is 12.9. The summed E-state index contributed by atoms with van der Waals surface area (Å²) in [5.41, 5.74) is 1.61. The van der Waals surface area contributed by atoms with Crippen molar-refractivity contribution < 1.29 is 19.8 Å². The van der Waals surface area contributed by atoms with Crippen LogP contribution in [0, 0.1) is 0 Å². The predicted molar refractivity (Wildman–Crippen MR) is 116 cm³/mol. The van der Waals surface area contributed by atoms with Gasteiger partial charge in [0.15, 0.2) is 0 Å². The molecule has 2 amide bonds. The molecule has 2 N–H and O–H groups in total. The third-order valence-corrected chi connectivity index (χ3v) is 6.13. The molecule has 0 radical (unpaired) electrons. The van der Waals surface area contributed by atoms with E-state index in [9.17, 15) is 19.8 Å². The number of phenolic OH excluding ortho intramolecular Hbond substituents is 1. The van der Waals surface area contributed by atoms with Gasteiger partial charge in [-0.2, -0.15) is 0 Å². The molecule has 0 bridgehead atoms. The number of piperazine rings is 1. The molecule has 7 heteroatoms. The fourth-order valence-corrected chi connectivity index (χ4v) is 4.07. The Balaban J connectivity index is 1.30. The molecule has 31 heavy (non-hydrogen) atoms. The normalized spacial score (nSPS) is 17.6. The highest BCUT2D eigenvalue weighted by atomic mass is 16.3. The van der Waals surface area contributed by atoms with Gasteiger partial charge in [0.1, 0.15) is 11.4 Å².